The Morgan fingerprint density at radius 2 is 1.78 bits per heavy atom. The van der Waals surface area contributed by atoms with Gasteiger partial charge >= 0.3 is 5.97 Å². The number of carbonyl (C=O) groups is 3. The summed E-state index contributed by atoms with van der Waals surface area (Å²) >= 11 is 3.90. The zero-order valence-corrected chi connectivity index (χ0v) is 23.1. The van der Waals surface area contributed by atoms with Crippen molar-refractivity contribution >= 4 is 62.4 Å². The number of benzene rings is 1. The molecule has 196 valence electrons. The van der Waals surface area contributed by atoms with Gasteiger partial charge in [0.15, 0.2) is 4.34 Å². The number of amides is 2. The van der Waals surface area contributed by atoms with Gasteiger partial charge in [0.2, 0.25) is 16.9 Å². The van der Waals surface area contributed by atoms with Crippen LogP contribution in [0.5, 0.6) is 5.75 Å². The molecule has 0 aliphatic heterocycles. The maximum atomic E-state index is 12.7. The van der Waals surface area contributed by atoms with E-state index in [-0.39, 0.29) is 36.6 Å². The zero-order valence-electron chi connectivity index (χ0n) is 20.6. The third-order valence-corrected chi connectivity index (χ3v) is 8.84. The lowest BCUT2D eigenvalue weighted by molar-refractivity contribution is -0.115. The average molecular weight is 561 g/mol. The monoisotopic (exact) mass is 560 g/mol. The molecule has 0 spiro atoms. The number of thiophene rings is 1. The Kier molecular flexibility index (Phi) is 9.53. The fourth-order valence-electron chi connectivity index (χ4n) is 3.95. The van der Waals surface area contributed by atoms with E-state index in [0.717, 1.165) is 53.9 Å². The third-order valence-electron chi connectivity index (χ3n) is 5.66. The summed E-state index contributed by atoms with van der Waals surface area (Å²) in [6, 6.07) is 7.26. The molecule has 0 atom stereocenters. The standard InChI is InChI=1S/C25H28N4O5S3/c1-3-34-23(32)21-17-7-5-4-6-8-18(17)36-22(21)26-20(31)14-35-25-29-28-24(37-25)27-19(30)13-15-9-11-16(33-2)12-10-15/h9-12H,3-8,13-14H2,1-2H3,(H,26,31)(H,27,28,30). The van der Waals surface area contributed by atoms with Gasteiger partial charge in [0.25, 0.3) is 0 Å². The van der Waals surface area contributed by atoms with Crippen LogP contribution in [0, 0.1) is 0 Å². The highest BCUT2D eigenvalue weighted by Gasteiger charge is 2.26. The number of fused-ring (bicyclic) bond motifs is 1. The van der Waals surface area contributed by atoms with Crippen molar-refractivity contribution in [3.8, 4) is 5.75 Å². The maximum absolute atomic E-state index is 12.7. The lowest BCUT2D eigenvalue weighted by atomic mass is 10.1. The molecule has 0 fully saturated rings. The molecule has 2 N–H and O–H groups in total. The van der Waals surface area contributed by atoms with Crippen molar-refractivity contribution in [2.75, 3.05) is 30.1 Å². The van der Waals surface area contributed by atoms with Gasteiger partial charge in [-0.3, -0.25) is 9.59 Å². The first-order valence-corrected chi connectivity index (χ1v) is 14.6. The number of hydrogen-bond donors (Lipinski definition) is 2. The van der Waals surface area contributed by atoms with Crippen LogP contribution in [0.25, 0.3) is 0 Å². The third kappa shape index (κ3) is 7.30. The number of ether oxygens (including phenoxy) is 2. The summed E-state index contributed by atoms with van der Waals surface area (Å²) in [6.07, 6.45) is 5.16. The molecule has 2 amide bonds. The molecule has 0 radical (unpaired) electrons. The normalized spacial score (nSPS) is 12.8. The molecular weight excluding hydrogens is 532 g/mol. The molecule has 1 aromatic carbocycles. The molecule has 1 aliphatic rings. The fourth-order valence-corrected chi connectivity index (χ4v) is 6.81. The first-order chi connectivity index (χ1) is 18.0. The topological polar surface area (TPSA) is 120 Å². The number of aromatic nitrogens is 2. The van der Waals surface area contributed by atoms with Gasteiger partial charge in [-0.2, -0.15) is 0 Å². The number of nitrogens with one attached hydrogen (secondary N) is 2. The van der Waals surface area contributed by atoms with E-state index < -0.39 is 0 Å². The molecule has 0 saturated heterocycles. The molecule has 2 heterocycles. The number of carbonyl (C=O) groups excluding carboxylic acids is 3. The number of rotatable bonds is 10. The summed E-state index contributed by atoms with van der Waals surface area (Å²) in [4.78, 5) is 38.9. The van der Waals surface area contributed by atoms with Gasteiger partial charge in [0.1, 0.15) is 10.8 Å². The van der Waals surface area contributed by atoms with Crippen molar-refractivity contribution in [3.63, 3.8) is 0 Å². The average Bonchev–Trinajstić information content (AvgIpc) is 3.39. The molecule has 3 aromatic rings. The highest BCUT2D eigenvalue weighted by molar-refractivity contribution is 8.01. The van der Waals surface area contributed by atoms with Crippen molar-refractivity contribution < 1.29 is 23.9 Å². The van der Waals surface area contributed by atoms with E-state index in [2.05, 4.69) is 20.8 Å². The van der Waals surface area contributed by atoms with Crippen LogP contribution in [-0.4, -0.2) is 47.5 Å². The second-order valence-corrected chi connectivity index (χ2v) is 11.6. The minimum Gasteiger partial charge on any atom is -0.497 e. The summed E-state index contributed by atoms with van der Waals surface area (Å²) in [5, 5.41) is 14.6. The van der Waals surface area contributed by atoms with Gasteiger partial charge in [0.05, 0.1) is 31.5 Å². The van der Waals surface area contributed by atoms with Crippen molar-refractivity contribution in [2.45, 2.75) is 49.8 Å². The molecule has 0 bridgehead atoms. The highest BCUT2D eigenvalue weighted by atomic mass is 32.2. The smallest absolute Gasteiger partial charge is 0.341 e. The van der Waals surface area contributed by atoms with Crippen molar-refractivity contribution in [3.05, 3.63) is 45.8 Å². The van der Waals surface area contributed by atoms with Crippen LogP contribution in [0.4, 0.5) is 10.1 Å². The van der Waals surface area contributed by atoms with Crippen LogP contribution in [0.2, 0.25) is 0 Å². The summed E-state index contributed by atoms with van der Waals surface area (Å²) in [5.74, 6) is -0.0137. The summed E-state index contributed by atoms with van der Waals surface area (Å²) < 4.78 is 11.0. The second-order valence-electron chi connectivity index (χ2n) is 8.27. The van der Waals surface area contributed by atoms with Gasteiger partial charge in [-0.05, 0) is 55.9 Å². The first-order valence-electron chi connectivity index (χ1n) is 12.0. The Morgan fingerprint density at radius 3 is 2.54 bits per heavy atom. The second kappa shape index (κ2) is 13.0. The fraction of sp³-hybridized carbons (Fsp3) is 0.400. The predicted molar refractivity (Wildman–Crippen MR) is 146 cm³/mol. The number of nitrogens with zero attached hydrogens (tertiary/aromatic N) is 2. The predicted octanol–water partition coefficient (Wildman–Crippen LogP) is 4.97. The van der Waals surface area contributed by atoms with E-state index >= 15 is 0 Å². The van der Waals surface area contributed by atoms with E-state index in [1.165, 1.54) is 34.4 Å². The van der Waals surface area contributed by atoms with Gasteiger partial charge in [-0.1, -0.05) is 41.7 Å². The maximum Gasteiger partial charge on any atom is 0.341 e. The van der Waals surface area contributed by atoms with E-state index in [0.29, 0.717) is 20.0 Å². The minimum atomic E-state index is -0.385. The quantitative estimate of drug-likeness (QED) is 0.154. The SMILES string of the molecule is CCOC(=O)c1c(NC(=O)CSc2nnc(NC(=O)Cc3ccc(OC)cc3)s2)sc2c1CCCCC2. The van der Waals surface area contributed by atoms with Gasteiger partial charge in [-0.25, -0.2) is 4.79 Å². The molecule has 37 heavy (non-hydrogen) atoms. The van der Waals surface area contributed by atoms with E-state index in [9.17, 15) is 14.4 Å². The number of anilines is 2. The molecule has 0 saturated carbocycles. The van der Waals surface area contributed by atoms with Crippen molar-refractivity contribution in [1.29, 1.82) is 0 Å². The first kappa shape index (κ1) is 27.1. The van der Waals surface area contributed by atoms with Crippen LogP contribution in [0.1, 0.15) is 52.5 Å². The van der Waals surface area contributed by atoms with Gasteiger partial charge in [-0.15, -0.1) is 21.5 Å². The molecule has 4 rings (SSSR count). The van der Waals surface area contributed by atoms with Crippen LogP contribution >= 0.6 is 34.4 Å². The molecule has 1 aliphatic carbocycles. The minimum absolute atomic E-state index is 0.0965. The van der Waals surface area contributed by atoms with Crippen molar-refractivity contribution in [1.82, 2.24) is 10.2 Å². The molecule has 9 nitrogen and oxygen atoms in total. The summed E-state index contributed by atoms with van der Waals surface area (Å²) in [6.45, 7) is 2.05. The van der Waals surface area contributed by atoms with Crippen LogP contribution in [0.15, 0.2) is 28.6 Å². The highest BCUT2D eigenvalue weighted by Crippen LogP contribution is 2.38. The number of hydrogen-bond acceptors (Lipinski definition) is 10. The summed E-state index contributed by atoms with van der Waals surface area (Å²) in [7, 11) is 1.59. The molecule has 2 aromatic heterocycles. The Morgan fingerprint density at radius 1 is 1.00 bits per heavy atom. The summed E-state index contributed by atoms with van der Waals surface area (Å²) in [5.41, 5.74) is 2.37. The zero-order chi connectivity index (χ0) is 26.2. The van der Waals surface area contributed by atoms with Crippen molar-refractivity contribution in [2.24, 2.45) is 0 Å². The van der Waals surface area contributed by atoms with Crippen LogP contribution in [0.3, 0.4) is 0 Å². The number of thioether (sulfide) groups is 1. The van der Waals surface area contributed by atoms with E-state index in [1.54, 1.807) is 26.2 Å². The van der Waals surface area contributed by atoms with E-state index in [1.807, 2.05) is 12.1 Å². The van der Waals surface area contributed by atoms with Gasteiger partial charge in [0, 0.05) is 4.88 Å². The Hall–Kier alpha value is -2.96. The molecular formula is C25H28N4O5S3. The molecule has 12 heteroatoms. The van der Waals surface area contributed by atoms with E-state index in [4.69, 9.17) is 9.47 Å². The lowest BCUT2D eigenvalue weighted by Gasteiger charge is -2.08. The largest absolute Gasteiger partial charge is 0.497 e. The van der Waals surface area contributed by atoms with Crippen LogP contribution in [-0.2, 0) is 33.6 Å². The van der Waals surface area contributed by atoms with Gasteiger partial charge < -0.3 is 20.1 Å². The Bertz CT molecular complexity index is 1260. The Labute approximate surface area is 227 Å². The number of aryl methyl sites for hydroxylation is 1. The number of esters is 1. The lowest BCUT2D eigenvalue weighted by Crippen LogP contribution is -2.16. The van der Waals surface area contributed by atoms with Crippen LogP contribution < -0.4 is 15.4 Å². The number of methoxy groups -OCH3 is 1. The Balaban J connectivity index is 1.32. The molecule has 0 unspecified atom stereocenters.